The summed E-state index contributed by atoms with van der Waals surface area (Å²) < 4.78 is 2.22. The smallest absolute Gasteiger partial charge is 0.145 e. The highest BCUT2D eigenvalue weighted by molar-refractivity contribution is 5.67. The maximum absolute atomic E-state index is 4.87. The first-order valence-corrected chi connectivity index (χ1v) is 14.7. The Morgan fingerprint density at radius 2 is 1.60 bits per heavy atom. The fraction of sp³-hybridized carbons (Fsp3) is 0.324. The molecule has 0 fully saturated rings. The van der Waals surface area contributed by atoms with Crippen LogP contribution in [0, 0.1) is 6.92 Å². The summed E-state index contributed by atoms with van der Waals surface area (Å²) in [5.41, 5.74) is 9.15. The van der Waals surface area contributed by atoms with Crippen molar-refractivity contribution in [2.45, 2.75) is 81.6 Å². The molecule has 0 saturated heterocycles. The van der Waals surface area contributed by atoms with Crippen molar-refractivity contribution in [3.05, 3.63) is 120 Å². The predicted octanol–water partition coefficient (Wildman–Crippen LogP) is 11.5. The molecule has 214 valence electrons. The molecule has 2 aromatic carbocycles. The number of imidazole rings is 1. The lowest BCUT2D eigenvalue weighted by Crippen LogP contribution is -2.00. The van der Waals surface area contributed by atoms with Crippen LogP contribution in [0.4, 0.5) is 5.69 Å². The Bertz CT molecular complexity index is 1270. The molecule has 0 aliphatic rings. The zero-order valence-corrected chi connectivity index (χ0v) is 26.4. The van der Waals surface area contributed by atoms with Gasteiger partial charge in [0.25, 0.3) is 0 Å². The van der Waals surface area contributed by atoms with Gasteiger partial charge in [-0.15, -0.1) is 0 Å². The molecule has 3 rings (SSSR count). The number of para-hydroxylation sites is 1. The van der Waals surface area contributed by atoms with Crippen LogP contribution in [0.5, 0.6) is 0 Å². The van der Waals surface area contributed by atoms with E-state index in [1.807, 2.05) is 33.8 Å². The molecule has 0 bridgehead atoms. The van der Waals surface area contributed by atoms with E-state index in [1.54, 1.807) is 0 Å². The van der Waals surface area contributed by atoms with Crippen molar-refractivity contribution in [1.29, 1.82) is 0 Å². The third-order valence-corrected chi connectivity index (χ3v) is 6.01. The molecular formula is C37H51N3. The number of anilines is 1. The molecule has 0 atom stereocenters. The van der Waals surface area contributed by atoms with Crippen molar-refractivity contribution in [2.24, 2.45) is 0 Å². The Hall–Kier alpha value is -3.85. The van der Waals surface area contributed by atoms with Gasteiger partial charge in [-0.3, -0.25) is 4.57 Å². The van der Waals surface area contributed by atoms with Crippen molar-refractivity contribution >= 4 is 11.8 Å². The molecule has 1 aromatic heterocycles. The van der Waals surface area contributed by atoms with Crippen LogP contribution in [0.15, 0.2) is 108 Å². The second-order valence-electron chi connectivity index (χ2n) is 9.24. The average molecular weight is 538 g/mol. The number of hydrogen-bond acceptors (Lipinski definition) is 2. The van der Waals surface area contributed by atoms with Gasteiger partial charge in [0.2, 0.25) is 0 Å². The summed E-state index contributed by atoms with van der Waals surface area (Å²) >= 11 is 0. The maximum atomic E-state index is 4.87. The van der Waals surface area contributed by atoms with Gasteiger partial charge in [0, 0.05) is 22.6 Å². The first-order chi connectivity index (χ1) is 19.4. The van der Waals surface area contributed by atoms with Crippen molar-refractivity contribution in [1.82, 2.24) is 9.55 Å². The monoisotopic (exact) mass is 537 g/mol. The predicted molar refractivity (Wildman–Crippen MR) is 180 cm³/mol. The second kappa shape index (κ2) is 19.2. The lowest BCUT2D eigenvalue weighted by molar-refractivity contribution is 1.05. The quantitative estimate of drug-likeness (QED) is 0.261. The van der Waals surface area contributed by atoms with Crippen LogP contribution in [0.1, 0.15) is 86.0 Å². The van der Waals surface area contributed by atoms with Gasteiger partial charge in [-0.2, -0.15) is 0 Å². The van der Waals surface area contributed by atoms with E-state index in [2.05, 4.69) is 136 Å². The number of allylic oxidation sites excluding steroid dienone is 8. The summed E-state index contributed by atoms with van der Waals surface area (Å²) in [5, 5.41) is 3.24. The second-order valence-corrected chi connectivity index (χ2v) is 9.24. The molecule has 0 aliphatic carbocycles. The van der Waals surface area contributed by atoms with E-state index in [9.17, 15) is 0 Å². The van der Waals surface area contributed by atoms with Crippen molar-refractivity contribution in [2.75, 3.05) is 5.32 Å². The largest absolute Gasteiger partial charge is 0.360 e. The number of benzene rings is 2. The molecule has 0 unspecified atom stereocenters. The molecule has 1 heterocycles. The normalized spacial score (nSPS) is 11.6. The van der Waals surface area contributed by atoms with Crippen LogP contribution in [-0.4, -0.2) is 9.55 Å². The van der Waals surface area contributed by atoms with Crippen LogP contribution in [-0.2, 0) is 0 Å². The summed E-state index contributed by atoms with van der Waals surface area (Å²) in [6, 6.07) is 18.7. The molecule has 0 radical (unpaired) electrons. The van der Waals surface area contributed by atoms with Crippen molar-refractivity contribution in [3.63, 3.8) is 0 Å². The molecule has 0 amide bonds. The number of nitrogens with zero attached hydrogens (tertiary/aromatic N) is 2. The van der Waals surface area contributed by atoms with Gasteiger partial charge >= 0.3 is 0 Å². The van der Waals surface area contributed by atoms with E-state index < -0.39 is 0 Å². The van der Waals surface area contributed by atoms with Crippen molar-refractivity contribution in [3.8, 4) is 17.1 Å². The van der Waals surface area contributed by atoms with E-state index >= 15 is 0 Å². The fourth-order valence-corrected chi connectivity index (χ4v) is 4.13. The summed E-state index contributed by atoms with van der Waals surface area (Å²) in [6.07, 6.45) is 16.2. The third kappa shape index (κ3) is 10.7. The molecule has 3 nitrogen and oxygen atoms in total. The zero-order valence-electron chi connectivity index (χ0n) is 26.4. The molecule has 40 heavy (non-hydrogen) atoms. The Balaban J connectivity index is 0.000000484. The molecule has 0 aliphatic heterocycles. The van der Waals surface area contributed by atoms with E-state index in [1.165, 1.54) is 11.1 Å². The first-order valence-electron chi connectivity index (χ1n) is 14.7. The minimum Gasteiger partial charge on any atom is -0.360 e. The van der Waals surface area contributed by atoms with Crippen LogP contribution in [0.25, 0.3) is 23.2 Å². The molecule has 1 N–H and O–H groups in total. The average Bonchev–Trinajstić information content (AvgIpc) is 3.30. The summed E-state index contributed by atoms with van der Waals surface area (Å²) in [7, 11) is 0. The van der Waals surface area contributed by atoms with Gasteiger partial charge in [0.05, 0.1) is 11.4 Å². The van der Waals surface area contributed by atoms with Crippen LogP contribution in [0.2, 0.25) is 0 Å². The lowest BCUT2D eigenvalue weighted by atomic mass is 10.0. The van der Waals surface area contributed by atoms with Crippen LogP contribution < -0.4 is 5.32 Å². The van der Waals surface area contributed by atoms with Gasteiger partial charge in [0.15, 0.2) is 0 Å². The Labute approximate surface area is 244 Å². The highest BCUT2D eigenvalue weighted by Crippen LogP contribution is 2.28. The molecular weight excluding hydrogens is 486 g/mol. The Morgan fingerprint density at radius 3 is 2.12 bits per heavy atom. The van der Waals surface area contributed by atoms with E-state index in [4.69, 9.17) is 4.98 Å². The van der Waals surface area contributed by atoms with Gasteiger partial charge in [-0.25, -0.2) is 4.98 Å². The van der Waals surface area contributed by atoms with E-state index in [-0.39, 0.29) is 0 Å². The van der Waals surface area contributed by atoms with Gasteiger partial charge < -0.3 is 5.32 Å². The van der Waals surface area contributed by atoms with E-state index in [0.29, 0.717) is 0 Å². The molecule has 3 heteroatoms. The molecule has 0 spiro atoms. The number of hydrogen-bond donors (Lipinski definition) is 1. The number of aromatic nitrogens is 2. The fourth-order valence-electron chi connectivity index (χ4n) is 4.13. The minimum absolute atomic E-state index is 0.923. The number of aryl methyl sites for hydroxylation is 1. The third-order valence-electron chi connectivity index (χ3n) is 6.01. The van der Waals surface area contributed by atoms with Gasteiger partial charge in [-0.05, 0) is 95.0 Å². The maximum Gasteiger partial charge on any atom is 0.145 e. The number of rotatable bonds is 10. The van der Waals surface area contributed by atoms with Crippen molar-refractivity contribution < 1.29 is 0 Å². The lowest BCUT2D eigenvalue weighted by Gasteiger charge is -2.12. The highest BCUT2D eigenvalue weighted by atomic mass is 15.1. The molecule has 0 saturated carbocycles. The minimum atomic E-state index is 0.923. The SMILES string of the molecule is C=C(C)Nc1ccc(-c2nc(C)c(/C=C\CC)n2-c2ccccc2)cc1.CC.C\C=C/C=C(CC)/C(C)=C/CC. The van der Waals surface area contributed by atoms with Gasteiger partial charge in [-0.1, -0.05) is 95.3 Å². The topological polar surface area (TPSA) is 29.9 Å². The Kier molecular flexibility index (Phi) is 16.4. The Morgan fingerprint density at radius 1 is 0.950 bits per heavy atom. The summed E-state index contributed by atoms with van der Waals surface area (Å²) in [5.74, 6) is 0.950. The first kappa shape index (κ1) is 34.2. The summed E-state index contributed by atoms with van der Waals surface area (Å²) in [4.78, 5) is 4.87. The zero-order chi connectivity index (χ0) is 29.9. The van der Waals surface area contributed by atoms with Crippen LogP contribution in [0.3, 0.4) is 0 Å². The van der Waals surface area contributed by atoms with Gasteiger partial charge in [0.1, 0.15) is 5.82 Å². The van der Waals surface area contributed by atoms with Crippen LogP contribution >= 0.6 is 0 Å². The van der Waals surface area contributed by atoms with E-state index in [0.717, 1.165) is 59.1 Å². The highest BCUT2D eigenvalue weighted by Gasteiger charge is 2.15. The summed E-state index contributed by atoms with van der Waals surface area (Å²) in [6.45, 7) is 22.6. The standard InChI is InChI=1S/C23H25N3.C12H20.C2H6/c1-5-6-12-22-18(4)25-23(26(22)21-10-8-7-9-11-21)19-13-15-20(16-14-19)24-17(2)3;1-5-8-10-12(7-3)11(4)9-6-2;1-2/h6-16,24H,2,5H2,1,3-4H3;5,8-10H,6-7H2,1-4H3;1-2H3/b12-6-;8-5-,11-9+,12-10+;. The molecule has 3 aromatic rings. The number of nitrogens with one attached hydrogen (secondary N) is 1.